The van der Waals surface area contributed by atoms with Crippen LogP contribution in [0.15, 0.2) is 27.8 Å². The molecule has 12 heteroatoms. The summed E-state index contributed by atoms with van der Waals surface area (Å²) in [6.07, 6.45) is 1.99. The van der Waals surface area contributed by atoms with Gasteiger partial charge in [-0.15, -0.1) is 0 Å². The molecule has 3 rings (SSSR count). The monoisotopic (exact) mass is 483 g/mol. The highest BCUT2D eigenvalue weighted by molar-refractivity contribution is 6.28. The fraction of sp³-hybridized carbons (Fsp3) is 0.429. The van der Waals surface area contributed by atoms with Gasteiger partial charge in [-0.1, -0.05) is 19.8 Å². The lowest BCUT2D eigenvalue weighted by atomic mass is 10.2. The minimum absolute atomic E-state index is 0.0130. The SMILES string of the molecule is CCCCCn1c(=O)n(CCCN(C)C(=O)Oc2ccc(F)cc2F)c(=O)c2[nH]c(Cl)nc21. The highest BCUT2D eigenvalue weighted by Crippen LogP contribution is 2.18. The van der Waals surface area contributed by atoms with Crippen LogP contribution in [0.2, 0.25) is 5.28 Å². The van der Waals surface area contributed by atoms with Crippen molar-refractivity contribution < 1.29 is 18.3 Å². The molecule has 1 N–H and O–H groups in total. The van der Waals surface area contributed by atoms with Gasteiger partial charge in [0.05, 0.1) is 0 Å². The highest BCUT2D eigenvalue weighted by Gasteiger charge is 2.18. The Morgan fingerprint density at radius 2 is 1.91 bits per heavy atom. The molecule has 0 aliphatic carbocycles. The van der Waals surface area contributed by atoms with Gasteiger partial charge in [-0.3, -0.25) is 13.9 Å². The van der Waals surface area contributed by atoms with Gasteiger partial charge < -0.3 is 14.6 Å². The third-order valence-corrected chi connectivity index (χ3v) is 5.27. The first-order valence-corrected chi connectivity index (χ1v) is 10.9. The summed E-state index contributed by atoms with van der Waals surface area (Å²) in [6.45, 7) is 2.57. The number of benzene rings is 1. The largest absolute Gasteiger partial charge is 0.415 e. The molecule has 0 unspecified atom stereocenters. The van der Waals surface area contributed by atoms with Crippen LogP contribution in [0, 0.1) is 11.6 Å². The number of H-pyrrole nitrogens is 1. The normalized spacial score (nSPS) is 11.2. The van der Waals surface area contributed by atoms with Gasteiger partial charge in [0.1, 0.15) is 5.82 Å². The lowest BCUT2D eigenvalue weighted by Gasteiger charge is -2.17. The van der Waals surface area contributed by atoms with Crippen LogP contribution >= 0.6 is 11.6 Å². The number of aromatic nitrogens is 4. The lowest BCUT2D eigenvalue weighted by molar-refractivity contribution is 0.159. The van der Waals surface area contributed by atoms with Crippen LogP contribution in [0.3, 0.4) is 0 Å². The van der Waals surface area contributed by atoms with Crippen molar-refractivity contribution in [2.75, 3.05) is 13.6 Å². The van der Waals surface area contributed by atoms with Crippen molar-refractivity contribution in [3.8, 4) is 5.75 Å². The number of ether oxygens (including phenoxy) is 1. The number of hydrogen-bond donors (Lipinski definition) is 1. The van der Waals surface area contributed by atoms with E-state index in [-0.39, 0.29) is 36.0 Å². The zero-order valence-electron chi connectivity index (χ0n) is 18.2. The molecule has 0 saturated carbocycles. The molecular formula is C21H24ClF2N5O4. The van der Waals surface area contributed by atoms with Crippen molar-refractivity contribution in [1.29, 1.82) is 0 Å². The first-order chi connectivity index (χ1) is 15.7. The number of imidazole rings is 1. The number of nitrogens with zero attached hydrogens (tertiary/aromatic N) is 4. The third kappa shape index (κ3) is 5.59. The van der Waals surface area contributed by atoms with Crippen LogP contribution in [0.25, 0.3) is 11.2 Å². The van der Waals surface area contributed by atoms with E-state index in [4.69, 9.17) is 16.3 Å². The number of rotatable bonds is 9. The summed E-state index contributed by atoms with van der Waals surface area (Å²) in [4.78, 5) is 45.9. The Bertz CT molecular complexity index is 1270. The van der Waals surface area contributed by atoms with Crippen molar-refractivity contribution in [3.05, 3.63) is 56.0 Å². The number of carbonyl (C=O) groups excluding carboxylic acids is 1. The molecule has 0 atom stereocenters. The molecule has 2 aromatic heterocycles. The number of unbranched alkanes of at least 4 members (excludes halogenated alkanes) is 2. The van der Waals surface area contributed by atoms with Crippen LogP contribution in [-0.2, 0) is 13.1 Å². The van der Waals surface area contributed by atoms with Gasteiger partial charge in [0.15, 0.2) is 22.7 Å². The number of aryl methyl sites for hydroxylation is 1. The Morgan fingerprint density at radius 1 is 1.18 bits per heavy atom. The summed E-state index contributed by atoms with van der Waals surface area (Å²) in [7, 11) is 1.42. The smallest absolute Gasteiger partial charge is 0.407 e. The highest BCUT2D eigenvalue weighted by atomic mass is 35.5. The number of carbonyl (C=O) groups is 1. The van der Waals surface area contributed by atoms with E-state index in [2.05, 4.69) is 9.97 Å². The zero-order chi connectivity index (χ0) is 24.1. The van der Waals surface area contributed by atoms with E-state index in [0.29, 0.717) is 12.6 Å². The Labute approximate surface area is 192 Å². The second-order valence-corrected chi connectivity index (χ2v) is 7.90. The second-order valence-electron chi connectivity index (χ2n) is 7.54. The fourth-order valence-electron chi connectivity index (χ4n) is 3.34. The summed E-state index contributed by atoms with van der Waals surface area (Å²) in [5.41, 5.74) is -0.717. The van der Waals surface area contributed by atoms with Crippen molar-refractivity contribution in [2.24, 2.45) is 0 Å². The van der Waals surface area contributed by atoms with Crippen LogP contribution in [0.1, 0.15) is 32.6 Å². The lowest BCUT2D eigenvalue weighted by Crippen LogP contribution is -2.41. The molecule has 1 aromatic carbocycles. The molecule has 0 aliphatic heterocycles. The molecule has 0 aliphatic rings. The topological polar surface area (TPSA) is 102 Å². The van der Waals surface area contributed by atoms with Gasteiger partial charge in [-0.05, 0) is 36.6 Å². The van der Waals surface area contributed by atoms with E-state index in [9.17, 15) is 23.2 Å². The molecule has 178 valence electrons. The van der Waals surface area contributed by atoms with Crippen molar-refractivity contribution in [2.45, 2.75) is 45.7 Å². The number of hydrogen-bond acceptors (Lipinski definition) is 5. The van der Waals surface area contributed by atoms with E-state index < -0.39 is 34.7 Å². The summed E-state index contributed by atoms with van der Waals surface area (Å²) < 4.78 is 34.1. The fourth-order valence-corrected chi connectivity index (χ4v) is 3.52. The zero-order valence-corrected chi connectivity index (χ0v) is 19.0. The Morgan fingerprint density at radius 3 is 2.61 bits per heavy atom. The number of aromatic amines is 1. The van der Waals surface area contributed by atoms with Gasteiger partial charge >= 0.3 is 11.8 Å². The molecular weight excluding hydrogens is 460 g/mol. The molecule has 0 spiro atoms. The maximum absolute atomic E-state index is 13.7. The van der Waals surface area contributed by atoms with E-state index in [0.717, 1.165) is 36.0 Å². The predicted molar refractivity (Wildman–Crippen MR) is 119 cm³/mol. The van der Waals surface area contributed by atoms with Crippen LogP contribution in [-0.4, -0.2) is 43.7 Å². The quantitative estimate of drug-likeness (QED) is 0.370. The predicted octanol–water partition coefficient (Wildman–Crippen LogP) is 3.53. The number of nitrogens with one attached hydrogen (secondary N) is 1. The standard InChI is InChI=1S/C21H24ClF2N5O4/c1-3-4-5-10-28-17-16(25-19(22)26-17)18(30)29(20(28)31)11-6-9-27(2)21(32)33-15-8-7-13(23)12-14(15)24/h7-8,12H,3-6,9-11H2,1-2H3,(H,25,26). The van der Waals surface area contributed by atoms with Crippen molar-refractivity contribution in [3.63, 3.8) is 0 Å². The molecule has 3 aromatic rings. The number of amides is 1. The summed E-state index contributed by atoms with van der Waals surface area (Å²) in [5.74, 6) is -2.19. The van der Waals surface area contributed by atoms with Crippen molar-refractivity contribution >= 4 is 28.9 Å². The minimum atomic E-state index is -1.00. The Balaban J connectivity index is 1.72. The van der Waals surface area contributed by atoms with Gasteiger partial charge in [-0.25, -0.2) is 18.4 Å². The van der Waals surface area contributed by atoms with Crippen LogP contribution in [0.5, 0.6) is 5.75 Å². The molecule has 0 fully saturated rings. The van der Waals surface area contributed by atoms with E-state index in [1.54, 1.807) is 0 Å². The summed E-state index contributed by atoms with van der Waals surface area (Å²) in [6, 6.07) is 2.60. The van der Waals surface area contributed by atoms with Crippen LogP contribution in [0.4, 0.5) is 13.6 Å². The second kappa shape index (κ2) is 10.6. The van der Waals surface area contributed by atoms with E-state index >= 15 is 0 Å². The maximum atomic E-state index is 13.7. The van der Waals surface area contributed by atoms with Gasteiger partial charge in [0.2, 0.25) is 5.28 Å². The first kappa shape index (κ1) is 24.4. The molecule has 33 heavy (non-hydrogen) atoms. The average Bonchev–Trinajstić information content (AvgIpc) is 3.16. The molecule has 2 heterocycles. The Kier molecular flexibility index (Phi) is 7.85. The van der Waals surface area contributed by atoms with E-state index in [1.165, 1.54) is 16.5 Å². The minimum Gasteiger partial charge on any atom is -0.407 e. The van der Waals surface area contributed by atoms with Crippen molar-refractivity contribution in [1.82, 2.24) is 24.0 Å². The summed E-state index contributed by atoms with van der Waals surface area (Å²) >= 11 is 5.92. The molecule has 0 saturated heterocycles. The van der Waals surface area contributed by atoms with Gasteiger partial charge in [0, 0.05) is 32.7 Å². The third-order valence-electron chi connectivity index (χ3n) is 5.10. The molecule has 1 amide bonds. The molecule has 0 bridgehead atoms. The average molecular weight is 484 g/mol. The first-order valence-electron chi connectivity index (χ1n) is 10.5. The maximum Gasteiger partial charge on any atom is 0.415 e. The number of halogens is 3. The summed E-state index contributed by atoms with van der Waals surface area (Å²) in [5, 5.41) is 0.0130. The number of fused-ring (bicyclic) bond motifs is 1. The van der Waals surface area contributed by atoms with Gasteiger partial charge in [0.25, 0.3) is 5.56 Å². The molecule has 0 radical (unpaired) electrons. The van der Waals surface area contributed by atoms with E-state index in [1.807, 2.05) is 6.92 Å². The van der Waals surface area contributed by atoms with Crippen LogP contribution < -0.4 is 16.0 Å². The van der Waals surface area contributed by atoms with Gasteiger partial charge in [-0.2, -0.15) is 4.98 Å². The molecule has 9 nitrogen and oxygen atoms in total. The Hall–Kier alpha value is -3.21.